The number of fused-ring (bicyclic) bond motifs is 1. The van der Waals surface area contributed by atoms with Gasteiger partial charge in [0.25, 0.3) is 11.8 Å². The van der Waals surface area contributed by atoms with E-state index in [9.17, 15) is 9.59 Å². The molecule has 174 valence electrons. The fourth-order valence-corrected chi connectivity index (χ4v) is 4.43. The van der Waals surface area contributed by atoms with Crippen LogP contribution in [0.3, 0.4) is 0 Å². The number of nitrogens with one attached hydrogen (secondary N) is 1. The highest BCUT2D eigenvalue weighted by molar-refractivity contribution is 6.18. The predicted octanol–water partition coefficient (Wildman–Crippen LogP) is 3.94. The molecule has 1 N–H and O–H groups in total. The maximum absolute atomic E-state index is 13.3. The summed E-state index contributed by atoms with van der Waals surface area (Å²) in [5.74, 6) is 0.262. The predicted molar refractivity (Wildman–Crippen MR) is 130 cm³/mol. The molecule has 2 aliphatic heterocycles. The lowest BCUT2D eigenvalue weighted by atomic mass is 10.0. The summed E-state index contributed by atoms with van der Waals surface area (Å²) >= 11 is 0. The van der Waals surface area contributed by atoms with Crippen LogP contribution in [0.25, 0.3) is 0 Å². The third-order valence-corrected chi connectivity index (χ3v) is 6.29. The molecule has 3 aromatic rings. The van der Waals surface area contributed by atoms with Crippen LogP contribution in [0.15, 0.2) is 66.7 Å². The highest BCUT2D eigenvalue weighted by atomic mass is 16.5. The summed E-state index contributed by atoms with van der Waals surface area (Å²) in [5.41, 5.74) is 4.34. The topological polar surface area (TPSA) is 71.1 Å². The van der Waals surface area contributed by atoms with E-state index < -0.39 is 0 Å². The lowest BCUT2D eigenvalue weighted by Gasteiger charge is -2.26. The van der Waals surface area contributed by atoms with Crippen LogP contribution in [0.1, 0.15) is 31.8 Å². The van der Waals surface area contributed by atoms with E-state index in [-0.39, 0.29) is 11.8 Å². The molecule has 0 bridgehead atoms. The number of anilines is 2. The molecule has 0 aliphatic carbocycles. The largest absolute Gasteiger partial charge is 0.497 e. The number of amides is 2. The van der Waals surface area contributed by atoms with E-state index >= 15 is 0 Å². The van der Waals surface area contributed by atoms with Crippen molar-refractivity contribution in [3.05, 3.63) is 89.0 Å². The zero-order valence-corrected chi connectivity index (χ0v) is 19.1. The molecule has 0 unspecified atom stereocenters. The lowest BCUT2D eigenvalue weighted by Crippen LogP contribution is -2.35. The summed E-state index contributed by atoms with van der Waals surface area (Å²) in [4.78, 5) is 30.4. The van der Waals surface area contributed by atoms with Gasteiger partial charge in [0.1, 0.15) is 5.75 Å². The monoisotopic (exact) mass is 457 g/mol. The van der Waals surface area contributed by atoms with Gasteiger partial charge in [-0.15, -0.1) is 0 Å². The highest BCUT2D eigenvalue weighted by Gasteiger charge is 2.32. The number of benzene rings is 3. The van der Waals surface area contributed by atoms with Gasteiger partial charge in [0.2, 0.25) is 0 Å². The van der Waals surface area contributed by atoms with E-state index in [1.165, 1.54) is 5.56 Å². The molecule has 3 aromatic carbocycles. The van der Waals surface area contributed by atoms with Crippen molar-refractivity contribution in [3.8, 4) is 5.75 Å². The Labute approximate surface area is 198 Å². The molecular weight excluding hydrogens is 430 g/mol. The minimum atomic E-state index is -0.289. The summed E-state index contributed by atoms with van der Waals surface area (Å²) < 4.78 is 10.6. The molecule has 0 radical (unpaired) electrons. The van der Waals surface area contributed by atoms with Crippen molar-refractivity contribution in [2.45, 2.75) is 13.1 Å². The highest BCUT2D eigenvalue weighted by Crippen LogP contribution is 2.31. The number of methoxy groups -OCH3 is 1. The lowest BCUT2D eigenvalue weighted by molar-refractivity contribution is 0.0342. The van der Waals surface area contributed by atoms with Crippen LogP contribution in [0.2, 0.25) is 0 Å². The van der Waals surface area contributed by atoms with Crippen LogP contribution in [0.4, 0.5) is 11.4 Å². The Kier molecular flexibility index (Phi) is 6.29. The van der Waals surface area contributed by atoms with Crippen LogP contribution in [-0.4, -0.2) is 50.1 Å². The Morgan fingerprint density at radius 3 is 2.44 bits per heavy atom. The Hall–Kier alpha value is -3.68. The van der Waals surface area contributed by atoms with Gasteiger partial charge in [0.15, 0.2) is 0 Å². The van der Waals surface area contributed by atoms with Crippen molar-refractivity contribution in [2.75, 3.05) is 43.6 Å². The number of hydrogen-bond acceptors (Lipinski definition) is 5. The molecular formula is C27H27N3O4. The van der Waals surface area contributed by atoms with Crippen molar-refractivity contribution < 1.29 is 19.1 Å². The fourth-order valence-electron chi connectivity index (χ4n) is 4.43. The van der Waals surface area contributed by atoms with E-state index in [1.54, 1.807) is 18.1 Å². The minimum absolute atomic E-state index is 0.174. The maximum Gasteiger partial charge on any atom is 0.259 e. The normalized spacial score (nSPS) is 15.8. The second-order valence-electron chi connectivity index (χ2n) is 8.47. The van der Waals surface area contributed by atoms with Crippen molar-refractivity contribution in [3.63, 3.8) is 0 Å². The Bertz CT molecular complexity index is 1190. The molecule has 1 fully saturated rings. The van der Waals surface area contributed by atoms with Gasteiger partial charge in [-0.1, -0.05) is 24.3 Å². The van der Waals surface area contributed by atoms with Gasteiger partial charge in [-0.3, -0.25) is 14.5 Å². The number of hydrogen-bond donors (Lipinski definition) is 1. The first-order chi connectivity index (χ1) is 16.6. The Morgan fingerprint density at radius 2 is 1.74 bits per heavy atom. The summed E-state index contributed by atoms with van der Waals surface area (Å²) in [7, 11) is 1.61. The number of nitrogens with zero attached hydrogens (tertiary/aromatic N) is 2. The molecule has 1 saturated heterocycles. The Balaban J connectivity index is 1.29. The summed E-state index contributed by atoms with van der Waals surface area (Å²) in [5, 5.41) is 2.95. The van der Waals surface area contributed by atoms with Crippen LogP contribution >= 0.6 is 0 Å². The van der Waals surface area contributed by atoms with Crippen LogP contribution in [0.5, 0.6) is 5.75 Å². The van der Waals surface area contributed by atoms with Crippen molar-refractivity contribution in [2.24, 2.45) is 0 Å². The van der Waals surface area contributed by atoms with Gasteiger partial charge >= 0.3 is 0 Å². The molecule has 0 spiro atoms. The van der Waals surface area contributed by atoms with E-state index in [0.717, 1.165) is 49.8 Å². The van der Waals surface area contributed by atoms with Gasteiger partial charge in [-0.2, -0.15) is 0 Å². The number of ether oxygens (including phenoxy) is 2. The van der Waals surface area contributed by atoms with E-state index in [4.69, 9.17) is 9.47 Å². The molecule has 0 atom stereocenters. The average molecular weight is 458 g/mol. The van der Waals surface area contributed by atoms with E-state index in [2.05, 4.69) is 10.2 Å². The number of rotatable bonds is 6. The first-order valence-corrected chi connectivity index (χ1v) is 11.4. The smallest absolute Gasteiger partial charge is 0.259 e. The molecule has 2 amide bonds. The SMILES string of the molecule is COc1ccc(N2Cc3cccc(C(=O)Nc4ccc(CN5CCOCC5)cc4)c3C2=O)cc1. The number of morpholine rings is 1. The van der Waals surface area contributed by atoms with E-state index in [1.807, 2.05) is 60.7 Å². The van der Waals surface area contributed by atoms with E-state index in [0.29, 0.717) is 23.4 Å². The number of carbonyl (C=O) groups is 2. The van der Waals surface area contributed by atoms with Gasteiger partial charge < -0.3 is 19.7 Å². The molecule has 5 rings (SSSR count). The molecule has 2 heterocycles. The van der Waals surface area contributed by atoms with Crippen molar-refractivity contribution >= 4 is 23.2 Å². The molecule has 7 nitrogen and oxygen atoms in total. The molecule has 34 heavy (non-hydrogen) atoms. The minimum Gasteiger partial charge on any atom is -0.497 e. The van der Waals surface area contributed by atoms with Gasteiger partial charge in [0.05, 0.1) is 38.0 Å². The molecule has 0 aromatic heterocycles. The van der Waals surface area contributed by atoms with Crippen molar-refractivity contribution in [1.29, 1.82) is 0 Å². The third-order valence-electron chi connectivity index (χ3n) is 6.29. The Morgan fingerprint density at radius 1 is 1.00 bits per heavy atom. The van der Waals surface area contributed by atoms with Gasteiger partial charge in [0, 0.05) is 31.0 Å². The second kappa shape index (κ2) is 9.67. The second-order valence-corrected chi connectivity index (χ2v) is 8.47. The van der Waals surface area contributed by atoms with Crippen LogP contribution < -0.4 is 15.0 Å². The first kappa shape index (κ1) is 22.1. The zero-order chi connectivity index (χ0) is 23.5. The van der Waals surface area contributed by atoms with Crippen LogP contribution in [0, 0.1) is 0 Å². The molecule has 2 aliphatic rings. The summed E-state index contributed by atoms with van der Waals surface area (Å²) in [6.45, 7) is 4.68. The van der Waals surface area contributed by atoms with Gasteiger partial charge in [-0.05, 0) is 53.6 Å². The van der Waals surface area contributed by atoms with Crippen LogP contribution in [-0.2, 0) is 17.8 Å². The van der Waals surface area contributed by atoms with Crippen molar-refractivity contribution in [1.82, 2.24) is 4.90 Å². The average Bonchev–Trinajstić information content (AvgIpc) is 3.22. The standard InChI is InChI=1S/C27H27N3O4/c1-33-23-11-9-22(10-12-23)30-18-20-3-2-4-24(25(20)27(30)32)26(31)28-21-7-5-19(6-8-21)17-29-13-15-34-16-14-29/h2-12H,13-18H2,1H3,(H,28,31). The summed E-state index contributed by atoms with van der Waals surface area (Å²) in [6.07, 6.45) is 0. The molecule has 0 saturated carbocycles. The maximum atomic E-state index is 13.3. The zero-order valence-electron chi connectivity index (χ0n) is 19.1. The quantitative estimate of drug-likeness (QED) is 0.607. The summed E-state index contributed by atoms with van der Waals surface area (Å²) in [6, 6.07) is 20.6. The third kappa shape index (κ3) is 4.53. The van der Waals surface area contributed by atoms with Gasteiger partial charge in [-0.25, -0.2) is 0 Å². The number of carbonyl (C=O) groups excluding carboxylic acids is 2. The molecule has 7 heteroatoms. The fraction of sp³-hybridized carbons (Fsp3) is 0.259. The first-order valence-electron chi connectivity index (χ1n) is 11.4.